The number of thioether (sulfide) groups is 1. The molecule has 0 bridgehead atoms. The van der Waals surface area contributed by atoms with Crippen molar-refractivity contribution in [1.82, 2.24) is 5.32 Å². The molecule has 1 aliphatic carbocycles. The minimum absolute atomic E-state index is 0.0166. The van der Waals surface area contributed by atoms with Gasteiger partial charge in [-0.1, -0.05) is 6.08 Å². The van der Waals surface area contributed by atoms with E-state index in [0.717, 1.165) is 30.8 Å². The van der Waals surface area contributed by atoms with Gasteiger partial charge in [-0.3, -0.25) is 4.79 Å². The molecule has 0 unspecified atom stereocenters. The summed E-state index contributed by atoms with van der Waals surface area (Å²) in [6.45, 7) is 4.33. The molecule has 0 atom stereocenters. The Balaban J connectivity index is 2.06. The molecule has 0 saturated heterocycles. The molecular formula is C10H18N2OS. The molecule has 14 heavy (non-hydrogen) atoms. The molecule has 4 heteroatoms. The lowest BCUT2D eigenvalue weighted by Gasteiger charge is -2.36. The van der Waals surface area contributed by atoms with Gasteiger partial charge < -0.3 is 11.1 Å². The van der Waals surface area contributed by atoms with Crippen molar-refractivity contribution in [1.29, 1.82) is 0 Å². The average Bonchev–Trinajstić information content (AvgIpc) is 2.13. The highest BCUT2D eigenvalue weighted by atomic mass is 32.2. The standard InChI is InChI=1S/C10H18N2OS/c1-2-7-14-8-6-12-9(13)10(11)4-3-5-10/h2H,1,3-8,11H2,(H,12,13). The molecule has 0 heterocycles. The summed E-state index contributed by atoms with van der Waals surface area (Å²) in [6, 6.07) is 0. The SMILES string of the molecule is C=CCSCCNC(=O)C1(N)CCC1. The van der Waals surface area contributed by atoms with Crippen LogP contribution in [0.15, 0.2) is 12.7 Å². The monoisotopic (exact) mass is 214 g/mol. The Hall–Kier alpha value is -0.480. The van der Waals surface area contributed by atoms with Gasteiger partial charge in [-0.15, -0.1) is 6.58 Å². The number of nitrogens with one attached hydrogen (secondary N) is 1. The van der Waals surface area contributed by atoms with Gasteiger partial charge in [-0.25, -0.2) is 0 Å². The van der Waals surface area contributed by atoms with Crippen molar-refractivity contribution in [2.24, 2.45) is 5.73 Å². The van der Waals surface area contributed by atoms with Crippen LogP contribution in [-0.4, -0.2) is 29.5 Å². The van der Waals surface area contributed by atoms with Crippen molar-refractivity contribution >= 4 is 17.7 Å². The van der Waals surface area contributed by atoms with Crippen molar-refractivity contribution in [2.75, 3.05) is 18.1 Å². The maximum atomic E-state index is 11.5. The van der Waals surface area contributed by atoms with E-state index in [1.807, 2.05) is 6.08 Å². The average molecular weight is 214 g/mol. The van der Waals surface area contributed by atoms with E-state index in [9.17, 15) is 4.79 Å². The Kier molecular flexibility index (Phi) is 4.48. The maximum Gasteiger partial charge on any atom is 0.240 e. The number of hydrogen-bond acceptors (Lipinski definition) is 3. The molecule has 3 nitrogen and oxygen atoms in total. The maximum absolute atomic E-state index is 11.5. The van der Waals surface area contributed by atoms with Gasteiger partial charge >= 0.3 is 0 Å². The van der Waals surface area contributed by atoms with Gasteiger partial charge in [0.2, 0.25) is 5.91 Å². The Morgan fingerprint density at radius 2 is 2.36 bits per heavy atom. The van der Waals surface area contributed by atoms with Crippen molar-refractivity contribution in [2.45, 2.75) is 24.8 Å². The lowest BCUT2D eigenvalue weighted by molar-refractivity contribution is -0.129. The van der Waals surface area contributed by atoms with Crippen LogP contribution in [0.2, 0.25) is 0 Å². The molecule has 0 spiro atoms. The molecule has 3 N–H and O–H groups in total. The Bertz CT molecular complexity index is 214. The third-order valence-electron chi connectivity index (χ3n) is 2.47. The van der Waals surface area contributed by atoms with E-state index in [1.54, 1.807) is 11.8 Å². The Labute approximate surface area is 89.5 Å². The topological polar surface area (TPSA) is 55.1 Å². The van der Waals surface area contributed by atoms with Crippen LogP contribution in [0, 0.1) is 0 Å². The first-order chi connectivity index (χ1) is 6.69. The van der Waals surface area contributed by atoms with E-state index in [1.165, 1.54) is 0 Å². The molecule has 80 valence electrons. The van der Waals surface area contributed by atoms with Crippen LogP contribution in [0.25, 0.3) is 0 Å². The second kappa shape index (κ2) is 5.41. The molecule has 0 aliphatic heterocycles. The smallest absolute Gasteiger partial charge is 0.240 e. The first kappa shape index (κ1) is 11.6. The van der Waals surface area contributed by atoms with Gasteiger partial charge in [0, 0.05) is 18.1 Å². The molecular weight excluding hydrogens is 196 g/mol. The molecule has 0 aromatic rings. The Morgan fingerprint density at radius 3 is 2.86 bits per heavy atom. The quantitative estimate of drug-likeness (QED) is 0.510. The van der Waals surface area contributed by atoms with Gasteiger partial charge in [0.1, 0.15) is 0 Å². The van der Waals surface area contributed by atoms with Crippen LogP contribution in [0.1, 0.15) is 19.3 Å². The molecule has 0 radical (unpaired) electrons. The molecule has 1 fully saturated rings. The number of nitrogens with two attached hydrogens (primary N) is 1. The first-order valence-corrected chi connectivity index (χ1v) is 6.10. The minimum Gasteiger partial charge on any atom is -0.354 e. The van der Waals surface area contributed by atoms with Crippen molar-refractivity contribution < 1.29 is 4.79 Å². The predicted octanol–water partition coefficient (Wildman–Crippen LogP) is 0.903. The minimum atomic E-state index is -0.552. The number of amides is 1. The van der Waals surface area contributed by atoms with Crippen LogP contribution >= 0.6 is 11.8 Å². The normalized spacial score (nSPS) is 18.4. The number of carbonyl (C=O) groups excluding carboxylic acids is 1. The second-order valence-electron chi connectivity index (χ2n) is 3.63. The summed E-state index contributed by atoms with van der Waals surface area (Å²) in [4.78, 5) is 11.5. The van der Waals surface area contributed by atoms with Crippen LogP contribution in [0.4, 0.5) is 0 Å². The fraction of sp³-hybridized carbons (Fsp3) is 0.700. The third-order valence-corrected chi connectivity index (χ3v) is 3.43. The lowest BCUT2D eigenvalue weighted by Crippen LogP contribution is -2.58. The molecule has 1 rings (SSSR count). The summed E-state index contributed by atoms with van der Waals surface area (Å²) in [7, 11) is 0. The van der Waals surface area contributed by atoms with Crippen molar-refractivity contribution in [3.05, 3.63) is 12.7 Å². The molecule has 0 aromatic carbocycles. The summed E-state index contributed by atoms with van der Waals surface area (Å²) in [5.74, 6) is 1.88. The molecule has 0 aromatic heterocycles. The molecule has 1 aliphatic rings. The fourth-order valence-corrected chi connectivity index (χ4v) is 1.94. The van der Waals surface area contributed by atoms with E-state index < -0.39 is 5.54 Å². The van der Waals surface area contributed by atoms with E-state index in [-0.39, 0.29) is 5.91 Å². The summed E-state index contributed by atoms with van der Waals surface area (Å²) in [5.41, 5.74) is 5.30. The van der Waals surface area contributed by atoms with Gasteiger partial charge in [0.05, 0.1) is 5.54 Å². The third kappa shape index (κ3) is 3.03. The molecule has 1 saturated carbocycles. The van der Waals surface area contributed by atoms with Gasteiger partial charge in [0.25, 0.3) is 0 Å². The van der Waals surface area contributed by atoms with E-state index >= 15 is 0 Å². The van der Waals surface area contributed by atoms with Gasteiger partial charge in [-0.05, 0) is 19.3 Å². The summed E-state index contributed by atoms with van der Waals surface area (Å²) in [6.07, 6.45) is 4.61. The summed E-state index contributed by atoms with van der Waals surface area (Å²) < 4.78 is 0. The predicted molar refractivity (Wildman–Crippen MR) is 61.3 cm³/mol. The lowest BCUT2D eigenvalue weighted by atomic mass is 9.77. The number of carbonyl (C=O) groups is 1. The van der Waals surface area contributed by atoms with Crippen LogP contribution in [0.3, 0.4) is 0 Å². The van der Waals surface area contributed by atoms with Crippen molar-refractivity contribution in [3.8, 4) is 0 Å². The highest BCUT2D eigenvalue weighted by Crippen LogP contribution is 2.28. The van der Waals surface area contributed by atoms with Crippen LogP contribution in [-0.2, 0) is 4.79 Å². The van der Waals surface area contributed by atoms with Gasteiger partial charge in [-0.2, -0.15) is 11.8 Å². The van der Waals surface area contributed by atoms with E-state index in [4.69, 9.17) is 5.73 Å². The summed E-state index contributed by atoms with van der Waals surface area (Å²) >= 11 is 1.76. The van der Waals surface area contributed by atoms with Crippen molar-refractivity contribution in [3.63, 3.8) is 0 Å². The first-order valence-electron chi connectivity index (χ1n) is 4.95. The highest BCUT2D eigenvalue weighted by Gasteiger charge is 2.39. The second-order valence-corrected chi connectivity index (χ2v) is 4.78. The largest absolute Gasteiger partial charge is 0.354 e. The van der Waals surface area contributed by atoms with Gasteiger partial charge in [0.15, 0.2) is 0 Å². The zero-order valence-electron chi connectivity index (χ0n) is 8.42. The fourth-order valence-electron chi connectivity index (χ4n) is 1.36. The summed E-state index contributed by atoms with van der Waals surface area (Å²) in [5, 5.41) is 2.86. The zero-order chi connectivity index (χ0) is 10.4. The van der Waals surface area contributed by atoms with Crippen LogP contribution in [0.5, 0.6) is 0 Å². The van der Waals surface area contributed by atoms with Crippen LogP contribution < -0.4 is 11.1 Å². The Morgan fingerprint density at radius 1 is 1.64 bits per heavy atom. The van der Waals surface area contributed by atoms with E-state index in [0.29, 0.717) is 6.54 Å². The zero-order valence-corrected chi connectivity index (χ0v) is 9.24. The number of hydrogen-bond donors (Lipinski definition) is 2. The molecule has 1 amide bonds. The highest BCUT2D eigenvalue weighted by molar-refractivity contribution is 7.99. The number of rotatable bonds is 6. The van der Waals surface area contributed by atoms with E-state index in [2.05, 4.69) is 11.9 Å².